The molecule has 0 radical (unpaired) electrons. The summed E-state index contributed by atoms with van der Waals surface area (Å²) in [5, 5.41) is 0.755. The fourth-order valence-electron chi connectivity index (χ4n) is 2.56. The first kappa shape index (κ1) is 13.3. The zero-order valence-corrected chi connectivity index (χ0v) is 12.5. The maximum Gasteiger partial charge on any atom is 0.0551 e. The summed E-state index contributed by atoms with van der Waals surface area (Å²) in [6, 6.07) is 7.14. The van der Waals surface area contributed by atoms with Crippen LogP contribution < -0.4 is 5.73 Å². The van der Waals surface area contributed by atoms with E-state index in [2.05, 4.69) is 40.7 Å². The van der Waals surface area contributed by atoms with Crippen LogP contribution in [0.25, 0.3) is 0 Å². The SMILES string of the molecule is CC(C)N1CCC(N)C1c1ccc(Br)c(Cl)c1. The monoisotopic (exact) mass is 316 g/mol. The molecule has 0 aliphatic carbocycles. The molecule has 0 amide bonds. The molecule has 1 heterocycles. The molecule has 0 bridgehead atoms. The van der Waals surface area contributed by atoms with Crippen molar-refractivity contribution >= 4 is 27.5 Å². The minimum absolute atomic E-state index is 0.203. The Kier molecular flexibility index (Phi) is 4.14. The van der Waals surface area contributed by atoms with Gasteiger partial charge in [0, 0.05) is 23.1 Å². The highest BCUT2D eigenvalue weighted by Gasteiger charge is 2.34. The largest absolute Gasteiger partial charge is 0.326 e. The first-order valence-corrected chi connectivity index (χ1v) is 7.14. The van der Waals surface area contributed by atoms with Gasteiger partial charge in [0.05, 0.1) is 11.1 Å². The third-order valence-electron chi connectivity index (χ3n) is 3.43. The first-order chi connectivity index (χ1) is 8.00. The van der Waals surface area contributed by atoms with E-state index in [9.17, 15) is 0 Å². The van der Waals surface area contributed by atoms with E-state index in [1.165, 1.54) is 5.56 Å². The lowest BCUT2D eigenvalue weighted by Gasteiger charge is -2.30. The van der Waals surface area contributed by atoms with Crippen molar-refractivity contribution in [1.82, 2.24) is 4.90 Å². The van der Waals surface area contributed by atoms with Crippen molar-refractivity contribution in [3.05, 3.63) is 33.3 Å². The average Bonchev–Trinajstić information content (AvgIpc) is 2.64. The Morgan fingerprint density at radius 2 is 2.18 bits per heavy atom. The Morgan fingerprint density at radius 1 is 1.47 bits per heavy atom. The zero-order chi connectivity index (χ0) is 12.6. The third-order valence-corrected chi connectivity index (χ3v) is 4.66. The molecule has 2 unspecified atom stereocenters. The highest BCUT2D eigenvalue weighted by molar-refractivity contribution is 9.10. The predicted octanol–water partition coefficient (Wildman–Crippen LogP) is 3.59. The summed E-state index contributed by atoms with van der Waals surface area (Å²) >= 11 is 9.58. The number of hydrogen-bond donors (Lipinski definition) is 1. The van der Waals surface area contributed by atoms with Crippen molar-refractivity contribution in [1.29, 1.82) is 0 Å². The molecule has 1 aliphatic heterocycles. The van der Waals surface area contributed by atoms with Gasteiger partial charge in [-0.05, 0) is 53.9 Å². The fourth-order valence-corrected chi connectivity index (χ4v) is 2.99. The summed E-state index contributed by atoms with van der Waals surface area (Å²) in [5.41, 5.74) is 7.45. The normalized spacial score (nSPS) is 25.8. The number of benzene rings is 1. The van der Waals surface area contributed by atoms with Crippen molar-refractivity contribution in [2.45, 2.75) is 38.4 Å². The molecule has 94 valence electrons. The van der Waals surface area contributed by atoms with Crippen LogP contribution in [0.2, 0.25) is 5.02 Å². The number of halogens is 2. The average molecular weight is 318 g/mol. The molecule has 17 heavy (non-hydrogen) atoms. The van der Waals surface area contributed by atoms with Crippen LogP contribution in [0.4, 0.5) is 0 Å². The zero-order valence-electron chi connectivity index (χ0n) is 10.2. The summed E-state index contributed by atoms with van der Waals surface area (Å²) in [5.74, 6) is 0. The van der Waals surface area contributed by atoms with Crippen LogP contribution in [0.5, 0.6) is 0 Å². The maximum absolute atomic E-state index is 6.23. The second-order valence-corrected chi connectivity index (χ2v) is 6.16. The van der Waals surface area contributed by atoms with Crippen molar-refractivity contribution < 1.29 is 0 Å². The van der Waals surface area contributed by atoms with E-state index >= 15 is 0 Å². The fraction of sp³-hybridized carbons (Fsp3) is 0.538. The first-order valence-electron chi connectivity index (χ1n) is 5.97. The van der Waals surface area contributed by atoms with Gasteiger partial charge in [0.2, 0.25) is 0 Å². The van der Waals surface area contributed by atoms with Gasteiger partial charge in [0.25, 0.3) is 0 Å². The van der Waals surface area contributed by atoms with Gasteiger partial charge in [0.1, 0.15) is 0 Å². The molecule has 2 N–H and O–H groups in total. The molecule has 1 aromatic rings. The molecule has 2 atom stereocenters. The van der Waals surface area contributed by atoms with Gasteiger partial charge in [-0.3, -0.25) is 4.90 Å². The molecule has 1 fully saturated rings. The van der Waals surface area contributed by atoms with Gasteiger partial charge in [-0.15, -0.1) is 0 Å². The van der Waals surface area contributed by atoms with E-state index in [-0.39, 0.29) is 6.04 Å². The lowest BCUT2D eigenvalue weighted by molar-refractivity contribution is 0.198. The maximum atomic E-state index is 6.23. The van der Waals surface area contributed by atoms with Crippen LogP contribution in [-0.2, 0) is 0 Å². The molecule has 0 spiro atoms. The van der Waals surface area contributed by atoms with Crippen LogP contribution >= 0.6 is 27.5 Å². The highest BCUT2D eigenvalue weighted by atomic mass is 79.9. The number of nitrogens with zero attached hydrogens (tertiary/aromatic N) is 1. The van der Waals surface area contributed by atoms with Crippen LogP contribution in [0.1, 0.15) is 31.9 Å². The number of hydrogen-bond acceptors (Lipinski definition) is 2. The molecule has 0 saturated carbocycles. The van der Waals surface area contributed by atoms with Crippen LogP contribution in [0.3, 0.4) is 0 Å². The van der Waals surface area contributed by atoms with Gasteiger partial charge in [-0.1, -0.05) is 17.7 Å². The number of likely N-dealkylation sites (tertiary alicyclic amines) is 1. The summed E-state index contributed by atoms with van der Waals surface area (Å²) in [6.07, 6.45) is 1.05. The molecular formula is C13H18BrClN2. The molecule has 1 aliphatic rings. The van der Waals surface area contributed by atoms with Gasteiger partial charge in [-0.25, -0.2) is 0 Å². The molecular weight excluding hydrogens is 300 g/mol. The third kappa shape index (κ3) is 2.68. The standard InChI is InChI=1S/C13H18BrClN2/c1-8(2)17-6-5-12(16)13(17)9-3-4-10(14)11(15)7-9/h3-4,7-8,12-13H,5-6,16H2,1-2H3. The van der Waals surface area contributed by atoms with Crippen molar-refractivity contribution in [3.8, 4) is 0 Å². The second kappa shape index (κ2) is 5.27. The number of nitrogens with two attached hydrogens (primary N) is 1. The van der Waals surface area contributed by atoms with Crippen LogP contribution in [0, 0.1) is 0 Å². The summed E-state index contributed by atoms with van der Waals surface area (Å²) in [7, 11) is 0. The van der Waals surface area contributed by atoms with E-state index in [1.807, 2.05) is 12.1 Å². The highest BCUT2D eigenvalue weighted by Crippen LogP contribution is 2.35. The molecule has 2 rings (SSSR count). The molecule has 4 heteroatoms. The Labute approximate surface area is 116 Å². The Morgan fingerprint density at radius 3 is 2.76 bits per heavy atom. The van der Waals surface area contributed by atoms with Crippen LogP contribution in [0.15, 0.2) is 22.7 Å². The smallest absolute Gasteiger partial charge is 0.0551 e. The molecule has 1 aromatic carbocycles. The van der Waals surface area contributed by atoms with Crippen LogP contribution in [-0.4, -0.2) is 23.5 Å². The quantitative estimate of drug-likeness (QED) is 0.903. The van der Waals surface area contributed by atoms with Crippen molar-refractivity contribution in [3.63, 3.8) is 0 Å². The topological polar surface area (TPSA) is 29.3 Å². The van der Waals surface area contributed by atoms with Gasteiger partial charge in [0.15, 0.2) is 0 Å². The van der Waals surface area contributed by atoms with Crippen molar-refractivity contribution in [2.75, 3.05) is 6.54 Å². The van der Waals surface area contributed by atoms with E-state index in [4.69, 9.17) is 17.3 Å². The Balaban J connectivity index is 2.33. The number of rotatable bonds is 2. The Hall–Kier alpha value is -0.0900. The molecule has 2 nitrogen and oxygen atoms in total. The second-order valence-electron chi connectivity index (χ2n) is 4.90. The van der Waals surface area contributed by atoms with Gasteiger partial charge >= 0.3 is 0 Å². The minimum atomic E-state index is 0.203. The van der Waals surface area contributed by atoms with Crippen molar-refractivity contribution in [2.24, 2.45) is 5.73 Å². The summed E-state index contributed by atoms with van der Waals surface area (Å²) in [6.45, 7) is 5.49. The summed E-state index contributed by atoms with van der Waals surface area (Å²) < 4.78 is 0.936. The van der Waals surface area contributed by atoms with Gasteiger partial charge < -0.3 is 5.73 Å². The Bertz CT molecular complexity index is 408. The van der Waals surface area contributed by atoms with Gasteiger partial charge in [-0.2, -0.15) is 0 Å². The lowest BCUT2D eigenvalue weighted by Crippen LogP contribution is -2.35. The van der Waals surface area contributed by atoms with E-state index in [0.717, 1.165) is 22.5 Å². The van der Waals surface area contributed by atoms with E-state index < -0.39 is 0 Å². The van der Waals surface area contributed by atoms with E-state index in [1.54, 1.807) is 0 Å². The predicted molar refractivity (Wildman–Crippen MR) is 76.3 cm³/mol. The van der Waals surface area contributed by atoms with E-state index in [0.29, 0.717) is 12.1 Å². The summed E-state index contributed by atoms with van der Waals surface area (Å²) in [4.78, 5) is 2.45. The molecule has 0 aromatic heterocycles. The molecule has 1 saturated heterocycles. The minimum Gasteiger partial charge on any atom is -0.326 e. The lowest BCUT2D eigenvalue weighted by atomic mass is 10.0.